The van der Waals surface area contributed by atoms with E-state index in [9.17, 15) is 4.79 Å². The maximum absolute atomic E-state index is 11.5. The van der Waals surface area contributed by atoms with Crippen LogP contribution in [0, 0.1) is 0 Å². The number of aromatic nitrogens is 3. The molecule has 0 bridgehead atoms. The second kappa shape index (κ2) is 5.83. The van der Waals surface area contributed by atoms with Gasteiger partial charge in [-0.05, 0) is 24.0 Å². The van der Waals surface area contributed by atoms with Crippen molar-refractivity contribution in [2.24, 2.45) is 0 Å². The molecular weight excluding hydrogens is 256 g/mol. The van der Waals surface area contributed by atoms with Crippen molar-refractivity contribution >= 4 is 29.0 Å². The molecule has 0 aliphatic heterocycles. The van der Waals surface area contributed by atoms with Crippen LogP contribution in [0.4, 0.5) is 5.69 Å². The number of hydrogen-bond acceptors (Lipinski definition) is 6. The van der Waals surface area contributed by atoms with E-state index in [1.165, 1.54) is 17.6 Å². The number of aryl methyl sites for hydroxylation is 1. The van der Waals surface area contributed by atoms with Crippen molar-refractivity contribution in [3.8, 4) is 0 Å². The fraction of sp³-hybridized carbons (Fsp3) is 0.300. The Balaban J connectivity index is 1.82. The molecule has 17 heavy (non-hydrogen) atoms. The Morgan fingerprint density at radius 3 is 3.12 bits per heavy atom. The molecule has 0 atom stereocenters. The first-order chi connectivity index (χ1) is 8.25. The first-order valence-electron chi connectivity index (χ1n) is 5.11. The topological polar surface area (TPSA) is 73.8 Å². The Bertz CT molecular complexity index is 523. The van der Waals surface area contributed by atoms with Gasteiger partial charge in [0.25, 0.3) is 5.56 Å². The normalized spacial score (nSPS) is 10.6. The van der Waals surface area contributed by atoms with E-state index in [2.05, 4.69) is 9.36 Å². The number of rotatable bonds is 5. The summed E-state index contributed by atoms with van der Waals surface area (Å²) in [4.78, 5) is 15.5. The molecule has 2 aromatic rings. The quantitative estimate of drug-likeness (QED) is 0.656. The third-order valence-electron chi connectivity index (χ3n) is 2.12. The molecule has 0 aromatic carbocycles. The largest absolute Gasteiger partial charge is 0.398 e. The Morgan fingerprint density at radius 1 is 1.47 bits per heavy atom. The summed E-state index contributed by atoms with van der Waals surface area (Å²) in [6.45, 7) is 0.676. The fourth-order valence-corrected chi connectivity index (χ4v) is 2.78. The smallest absolute Gasteiger partial charge is 0.250 e. The summed E-state index contributed by atoms with van der Waals surface area (Å²) in [5, 5.41) is 0. The predicted octanol–water partition coefficient (Wildman–Crippen LogP) is 1.46. The summed E-state index contributed by atoms with van der Waals surface area (Å²) in [5.41, 5.74) is 6.23. The van der Waals surface area contributed by atoms with Crippen LogP contribution in [0.1, 0.15) is 6.42 Å². The SMILES string of the molecule is Nc1ccc(=O)n(CCCSc2ncns2)c1. The molecule has 2 rings (SSSR count). The number of nitrogens with zero attached hydrogens (tertiary/aromatic N) is 3. The Morgan fingerprint density at radius 2 is 2.35 bits per heavy atom. The van der Waals surface area contributed by atoms with Crippen molar-refractivity contribution in [3.05, 3.63) is 35.0 Å². The first kappa shape index (κ1) is 12.1. The average Bonchev–Trinajstić information content (AvgIpc) is 2.82. The summed E-state index contributed by atoms with van der Waals surface area (Å²) in [5.74, 6) is 0.913. The highest BCUT2D eigenvalue weighted by Crippen LogP contribution is 2.18. The lowest BCUT2D eigenvalue weighted by Crippen LogP contribution is -2.19. The number of pyridine rings is 1. The van der Waals surface area contributed by atoms with E-state index < -0.39 is 0 Å². The lowest BCUT2D eigenvalue weighted by molar-refractivity contribution is 0.660. The molecule has 2 heterocycles. The first-order valence-corrected chi connectivity index (χ1v) is 6.87. The molecule has 0 fully saturated rings. The molecule has 0 spiro atoms. The van der Waals surface area contributed by atoms with Crippen molar-refractivity contribution < 1.29 is 0 Å². The van der Waals surface area contributed by atoms with Gasteiger partial charge in [-0.3, -0.25) is 4.79 Å². The van der Waals surface area contributed by atoms with E-state index in [0.29, 0.717) is 12.2 Å². The minimum atomic E-state index is -0.0138. The van der Waals surface area contributed by atoms with Gasteiger partial charge in [0.2, 0.25) is 0 Å². The third-order valence-corrected chi connectivity index (χ3v) is 4.00. The van der Waals surface area contributed by atoms with Crippen LogP contribution in [0.15, 0.2) is 33.8 Å². The van der Waals surface area contributed by atoms with E-state index in [1.54, 1.807) is 34.9 Å². The van der Waals surface area contributed by atoms with Crippen molar-refractivity contribution in [2.45, 2.75) is 17.3 Å². The zero-order chi connectivity index (χ0) is 12.1. The van der Waals surface area contributed by atoms with Gasteiger partial charge < -0.3 is 10.3 Å². The van der Waals surface area contributed by atoms with Gasteiger partial charge in [-0.2, -0.15) is 4.37 Å². The zero-order valence-corrected chi connectivity index (χ0v) is 10.7. The highest BCUT2D eigenvalue weighted by Gasteiger charge is 1.99. The third kappa shape index (κ3) is 3.57. The Labute approximate surface area is 107 Å². The lowest BCUT2D eigenvalue weighted by Gasteiger charge is -2.05. The van der Waals surface area contributed by atoms with E-state index in [4.69, 9.17) is 5.73 Å². The fourth-order valence-electron chi connectivity index (χ4n) is 1.35. The second-order valence-electron chi connectivity index (χ2n) is 3.40. The molecule has 0 saturated carbocycles. The molecule has 0 amide bonds. The summed E-state index contributed by atoms with van der Waals surface area (Å²) < 4.78 is 6.52. The molecule has 0 aliphatic carbocycles. The van der Waals surface area contributed by atoms with Gasteiger partial charge in [-0.1, -0.05) is 11.8 Å². The standard InChI is InChI=1S/C10H12N4OS2/c11-8-2-3-9(15)14(6-8)4-1-5-16-10-12-7-13-17-10/h2-3,6-7H,1,4-5,11H2. The minimum absolute atomic E-state index is 0.0138. The van der Waals surface area contributed by atoms with Crippen LogP contribution >= 0.6 is 23.3 Å². The molecule has 2 N–H and O–H groups in total. The average molecular weight is 268 g/mol. The summed E-state index contributed by atoms with van der Waals surface area (Å²) in [7, 11) is 0. The van der Waals surface area contributed by atoms with Gasteiger partial charge in [0.15, 0.2) is 4.34 Å². The molecule has 0 saturated heterocycles. The van der Waals surface area contributed by atoms with Gasteiger partial charge in [-0.25, -0.2) is 4.98 Å². The van der Waals surface area contributed by atoms with E-state index in [-0.39, 0.29) is 5.56 Å². The van der Waals surface area contributed by atoms with Gasteiger partial charge in [0, 0.05) is 30.2 Å². The number of hydrogen-bond donors (Lipinski definition) is 1. The van der Waals surface area contributed by atoms with Crippen LogP contribution in [0.2, 0.25) is 0 Å². The molecule has 0 aliphatic rings. The minimum Gasteiger partial charge on any atom is -0.398 e. The molecule has 0 unspecified atom stereocenters. The monoisotopic (exact) mass is 268 g/mol. The second-order valence-corrected chi connectivity index (χ2v) is 5.53. The van der Waals surface area contributed by atoms with Gasteiger partial charge in [-0.15, -0.1) is 0 Å². The van der Waals surface area contributed by atoms with E-state index >= 15 is 0 Å². The maximum atomic E-state index is 11.5. The number of nitrogens with two attached hydrogens (primary N) is 1. The van der Waals surface area contributed by atoms with Crippen molar-refractivity contribution in [3.63, 3.8) is 0 Å². The molecule has 90 valence electrons. The predicted molar refractivity (Wildman–Crippen MR) is 70.4 cm³/mol. The summed E-state index contributed by atoms with van der Waals surface area (Å²) in [6.07, 6.45) is 4.13. The highest BCUT2D eigenvalue weighted by molar-refractivity contribution is 8.00. The number of anilines is 1. The molecule has 7 heteroatoms. The maximum Gasteiger partial charge on any atom is 0.250 e. The lowest BCUT2D eigenvalue weighted by atomic mass is 10.4. The van der Waals surface area contributed by atoms with Crippen LogP contribution < -0.4 is 11.3 Å². The highest BCUT2D eigenvalue weighted by atomic mass is 32.2. The Kier molecular flexibility index (Phi) is 4.16. The van der Waals surface area contributed by atoms with Crippen LogP contribution in [-0.4, -0.2) is 19.7 Å². The zero-order valence-electron chi connectivity index (χ0n) is 9.07. The van der Waals surface area contributed by atoms with Crippen LogP contribution in [0.25, 0.3) is 0 Å². The van der Waals surface area contributed by atoms with Crippen LogP contribution in [0.5, 0.6) is 0 Å². The number of nitrogen functional groups attached to an aromatic ring is 1. The van der Waals surface area contributed by atoms with Gasteiger partial charge in [0.05, 0.1) is 0 Å². The van der Waals surface area contributed by atoms with Crippen LogP contribution in [-0.2, 0) is 6.54 Å². The van der Waals surface area contributed by atoms with Crippen molar-refractivity contribution in [1.29, 1.82) is 0 Å². The molecule has 2 aromatic heterocycles. The molecule has 0 radical (unpaired) electrons. The van der Waals surface area contributed by atoms with E-state index in [1.807, 2.05) is 0 Å². The van der Waals surface area contributed by atoms with Crippen LogP contribution in [0.3, 0.4) is 0 Å². The molecular formula is C10H12N4OS2. The van der Waals surface area contributed by atoms with Crippen molar-refractivity contribution in [1.82, 2.24) is 13.9 Å². The van der Waals surface area contributed by atoms with E-state index in [0.717, 1.165) is 16.5 Å². The Hall–Kier alpha value is -1.34. The van der Waals surface area contributed by atoms with Gasteiger partial charge in [0.1, 0.15) is 6.33 Å². The number of thioether (sulfide) groups is 1. The van der Waals surface area contributed by atoms with Crippen molar-refractivity contribution in [2.75, 3.05) is 11.5 Å². The van der Waals surface area contributed by atoms with Gasteiger partial charge >= 0.3 is 0 Å². The molecule has 5 nitrogen and oxygen atoms in total. The summed E-state index contributed by atoms with van der Waals surface area (Å²) >= 11 is 3.04. The summed E-state index contributed by atoms with van der Waals surface area (Å²) in [6, 6.07) is 3.11.